The number of carbonyl (C=O) groups excluding carboxylic acids is 2. The summed E-state index contributed by atoms with van der Waals surface area (Å²) in [6.07, 6.45) is 2.41. The number of nitrogens with one attached hydrogen (secondary N) is 2. The molecule has 1 atom stereocenters. The first kappa shape index (κ1) is 20.3. The van der Waals surface area contributed by atoms with Crippen LogP contribution in [0.5, 0.6) is 0 Å². The van der Waals surface area contributed by atoms with Crippen LogP contribution >= 0.6 is 11.3 Å². The van der Waals surface area contributed by atoms with E-state index < -0.39 is 0 Å². The monoisotopic (exact) mass is 428 g/mol. The van der Waals surface area contributed by atoms with Crippen LogP contribution in [0.25, 0.3) is 5.65 Å². The number of H-pyrrole nitrogens is 1. The van der Waals surface area contributed by atoms with Gasteiger partial charge in [-0.1, -0.05) is 6.92 Å². The Morgan fingerprint density at radius 3 is 2.90 bits per heavy atom. The molecule has 4 rings (SSSR count). The minimum atomic E-state index is -0.217. The Labute approximate surface area is 177 Å². The maximum atomic E-state index is 12.9. The first-order valence-corrected chi connectivity index (χ1v) is 10.9. The molecule has 2 N–H and O–H groups in total. The van der Waals surface area contributed by atoms with E-state index in [1.165, 1.54) is 22.8 Å². The molecule has 0 saturated carbocycles. The lowest BCUT2D eigenvalue weighted by Crippen LogP contribution is -2.39. The Bertz CT molecular complexity index is 1180. The molecule has 30 heavy (non-hydrogen) atoms. The van der Waals surface area contributed by atoms with Gasteiger partial charge < -0.3 is 10.2 Å². The fraction of sp³-hybridized carbons (Fsp3) is 0.450. The van der Waals surface area contributed by atoms with Crippen LogP contribution in [0.3, 0.4) is 0 Å². The molecule has 0 bridgehead atoms. The molecule has 0 aliphatic carbocycles. The van der Waals surface area contributed by atoms with Crippen LogP contribution in [0.4, 0.5) is 5.13 Å². The number of aryl methyl sites for hydroxylation is 1. The Hall–Kier alpha value is -3.01. The van der Waals surface area contributed by atoms with Crippen LogP contribution in [0.15, 0.2) is 16.2 Å². The van der Waals surface area contributed by atoms with Crippen LogP contribution in [0, 0.1) is 6.92 Å². The lowest BCUT2D eigenvalue weighted by Gasteiger charge is -2.31. The summed E-state index contributed by atoms with van der Waals surface area (Å²) >= 11 is 1.23. The van der Waals surface area contributed by atoms with Crippen molar-refractivity contribution in [3.63, 3.8) is 0 Å². The molecule has 2 amide bonds. The van der Waals surface area contributed by atoms with Gasteiger partial charge in [-0.25, -0.2) is 14.5 Å². The number of piperidine rings is 1. The summed E-state index contributed by atoms with van der Waals surface area (Å²) in [6.45, 7) is 6.40. The number of rotatable bonds is 4. The number of aromatic amines is 1. The third kappa shape index (κ3) is 3.74. The zero-order valence-corrected chi connectivity index (χ0v) is 18.0. The van der Waals surface area contributed by atoms with Gasteiger partial charge >= 0.3 is 0 Å². The number of hydrogen-bond acceptors (Lipinski definition) is 6. The second kappa shape index (κ2) is 8.02. The van der Waals surface area contributed by atoms with Crippen molar-refractivity contribution in [2.24, 2.45) is 0 Å². The molecule has 1 aliphatic rings. The molecule has 1 saturated heterocycles. The first-order chi connectivity index (χ1) is 14.4. The van der Waals surface area contributed by atoms with E-state index in [0.717, 1.165) is 24.2 Å². The van der Waals surface area contributed by atoms with Crippen LogP contribution in [-0.4, -0.2) is 49.4 Å². The number of nitrogens with zero attached hydrogens (tertiary/aromatic N) is 4. The van der Waals surface area contributed by atoms with Gasteiger partial charge in [0.25, 0.3) is 11.5 Å². The van der Waals surface area contributed by atoms with Gasteiger partial charge in [-0.15, -0.1) is 11.3 Å². The van der Waals surface area contributed by atoms with Crippen molar-refractivity contribution in [1.82, 2.24) is 24.5 Å². The van der Waals surface area contributed by atoms with E-state index in [1.54, 1.807) is 10.3 Å². The summed E-state index contributed by atoms with van der Waals surface area (Å²) in [4.78, 5) is 47.4. The van der Waals surface area contributed by atoms with E-state index >= 15 is 0 Å². The fourth-order valence-corrected chi connectivity index (χ4v) is 4.69. The zero-order chi connectivity index (χ0) is 21.4. The van der Waals surface area contributed by atoms with Crippen LogP contribution in [-0.2, 0) is 11.2 Å². The van der Waals surface area contributed by atoms with Crippen molar-refractivity contribution in [1.29, 1.82) is 0 Å². The standard InChI is InChI=1S/C20H24N6O3S/c1-4-14-11(2)21-17-8-15(24-26(17)18(14)28)13-6-5-7-25(9-13)19(29)16-10-30-20(23-16)22-12(3)27/h8,10,13,24H,4-7,9H2,1-3H3,(H,22,23,27)/t13-/m0/s1. The predicted octanol–water partition coefficient (Wildman–Crippen LogP) is 2.33. The van der Waals surface area contributed by atoms with E-state index in [4.69, 9.17) is 0 Å². The first-order valence-electron chi connectivity index (χ1n) is 10.0. The third-order valence-electron chi connectivity index (χ3n) is 5.44. The Morgan fingerprint density at radius 2 is 2.17 bits per heavy atom. The smallest absolute Gasteiger partial charge is 0.276 e. The number of fused-ring (bicyclic) bond motifs is 1. The molecule has 3 aromatic heterocycles. The SMILES string of the molecule is CCc1c(C)nc2cc([C@H]3CCCN(C(=O)c4csc(NC(C)=O)n4)C3)[nH]n2c1=O. The van der Waals surface area contributed by atoms with E-state index in [9.17, 15) is 14.4 Å². The van der Waals surface area contributed by atoms with Crippen molar-refractivity contribution < 1.29 is 9.59 Å². The molecule has 0 radical (unpaired) electrons. The summed E-state index contributed by atoms with van der Waals surface area (Å²) in [7, 11) is 0. The van der Waals surface area contributed by atoms with Gasteiger partial charge in [0, 0.05) is 54.3 Å². The number of carbonyl (C=O) groups is 2. The van der Waals surface area contributed by atoms with Crippen LogP contribution in [0.1, 0.15) is 60.0 Å². The van der Waals surface area contributed by atoms with Crippen molar-refractivity contribution >= 4 is 33.9 Å². The number of anilines is 1. The molecule has 1 fully saturated rings. The lowest BCUT2D eigenvalue weighted by molar-refractivity contribution is -0.114. The van der Waals surface area contributed by atoms with Crippen LogP contribution < -0.4 is 10.9 Å². The van der Waals surface area contributed by atoms with Gasteiger partial charge in [0.05, 0.1) is 0 Å². The Morgan fingerprint density at radius 1 is 1.37 bits per heavy atom. The molecule has 3 aromatic rings. The van der Waals surface area contributed by atoms with Crippen molar-refractivity contribution in [3.05, 3.63) is 44.4 Å². The summed E-state index contributed by atoms with van der Waals surface area (Å²) in [5, 5.41) is 7.89. The van der Waals surface area contributed by atoms with Gasteiger partial charge in [0.1, 0.15) is 5.69 Å². The molecule has 4 heterocycles. The van der Waals surface area contributed by atoms with Crippen LogP contribution in [0.2, 0.25) is 0 Å². The minimum absolute atomic E-state index is 0.0667. The van der Waals surface area contributed by atoms with E-state index in [2.05, 4.69) is 20.4 Å². The Kier molecular flexibility index (Phi) is 5.42. The summed E-state index contributed by atoms with van der Waals surface area (Å²) in [5.74, 6) is -0.281. The Balaban J connectivity index is 1.56. The second-order valence-corrected chi connectivity index (χ2v) is 8.41. The average molecular weight is 429 g/mol. The molecule has 9 nitrogen and oxygen atoms in total. The molecule has 10 heteroatoms. The molecule has 0 aromatic carbocycles. The number of likely N-dealkylation sites (tertiary alicyclic amines) is 1. The third-order valence-corrected chi connectivity index (χ3v) is 6.20. The van der Waals surface area contributed by atoms with Gasteiger partial charge in [-0.3, -0.25) is 19.5 Å². The topological polar surface area (TPSA) is 112 Å². The molecule has 1 aliphatic heterocycles. The molecule has 0 unspecified atom stereocenters. The van der Waals surface area contributed by atoms with E-state index in [0.29, 0.717) is 41.5 Å². The van der Waals surface area contributed by atoms with Crippen molar-refractivity contribution in [2.45, 2.75) is 46.0 Å². The van der Waals surface area contributed by atoms with E-state index in [-0.39, 0.29) is 23.3 Å². The summed E-state index contributed by atoms with van der Waals surface area (Å²) in [6, 6.07) is 1.91. The highest BCUT2D eigenvalue weighted by molar-refractivity contribution is 7.14. The maximum absolute atomic E-state index is 12.9. The molecular weight excluding hydrogens is 404 g/mol. The zero-order valence-electron chi connectivity index (χ0n) is 17.2. The lowest BCUT2D eigenvalue weighted by atomic mass is 9.94. The fourth-order valence-electron chi connectivity index (χ4n) is 3.96. The highest BCUT2D eigenvalue weighted by Crippen LogP contribution is 2.28. The summed E-state index contributed by atoms with van der Waals surface area (Å²) in [5.41, 5.74) is 3.24. The summed E-state index contributed by atoms with van der Waals surface area (Å²) < 4.78 is 1.50. The highest BCUT2D eigenvalue weighted by atomic mass is 32.1. The van der Waals surface area contributed by atoms with Gasteiger partial charge in [0.2, 0.25) is 5.91 Å². The van der Waals surface area contributed by atoms with Crippen molar-refractivity contribution in [2.75, 3.05) is 18.4 Å². The number of hydrogen-bond donors (Lipinski definition) is 2. The van der Waals surface area contributed by atoms with Gasteiger partial charge in [-0.2, -0.15) is 0 Å². The normalized spacial score (nSPS) is 16.8. The number of aromatic nitrogens is 4. The maximum Gasteiger partial charge on any atom is 0.276 e. The largest absolute Gasteiger partial charge is 0.337 e. The molecule has 158 valence electrons. The second-order valence-electron chi connectivity index (χ2n) is 7.55. The average Bonchev–Trinajstić information content (AvgIpc) is 3.34. The van der Waals surface area contributed by atoms with E-state index in [1.807, 2.05) is 19.9 Å². The highest BCUT2D eigenvalue weighted by Gasteiger charge is 2.28. The molecular formula is C20H24N6O3S. The minimum Gasteiger partial charge on any atom is -0.337 e. The number of thiazole rings is 1. The molecule has 0 spiro atoms. The number of amides is 2. The van der Waals surface area contributed by atoms with Crippen molar-refractivity contribution in [3.8, 4) is 0 Å². The van der Waals surface area contributed by atoms with Gasteiger partial charge in [0.15, 0.2) is 10.8 Å². The predicted molar refractivity (Wildman–Crippen MR) is 114 cm³/mol. The van der Waals surface area contributed by atoms with Gasteiger partial charge in [-0.05, 0) is 26.2 Å². The quantitative estimate of drug-likeness (QED) is 0.662.